The summed E-state index contributed by atoms with van der Waals surface area (Å²) in [7, 11) is 1.45. The van der Waals surface area contributed by atoms with Crippen LogP contribution in [0.3, 0.4) is 0 Å². The second kappa shape index (κ2) is 3.53. The Hall–Kier alpha value is -1.10. The summed E-state index contributed by atoms with van der Waals surface area (Å²) in [5.41, 5.74) is 0. The highest BCUT2D eigenvalue weighted by atomic mass is 16.4. The van der Waals surface area contributed by atoms with Crippen LogP contribution in [-0.2, 0) is 9.59 Å². The van der Waals surface area contributed by atoms with Gasteiger partial charge in [0.05, 0.1) is 0 Å². The molecule has 12 heavy (non-hydrogen) atoms. The number of aliphatic carboxylic acids is 1. The predicted octanol–water partition coefficient (Wildman–Crippen LogP) is -1.06. The average molecular weight is 172 g/mol. The first-order chi connectivity index (χ1) is 5.65. The monoisotopic (exact) mass is 172 g/mol. The number of amides is 1. The molecular weight excluding hydrogens is 160 g/mol. The lowest BCUT2D eigenvalue weighted by Crippen LogP contribution is -2.48. The molecule has 0 radical (unpaired) electrons. The SMILES string of the molecule is CNC(C(=O)O)C(=O)NC1CC1. The number of rotatable bonds is 4. The van der Waals surface area contributed by atoms with Crippen molar-refractivity contribution in [2.24, 2.45) is 0 Å². The molecule has 68 valence electrons. The fourth-order valence-corrected chi connectivity index (χ4v) is 0.879. The van der Waals surface area contributed by atoms with E-state index in [4.69, 9.17) is 5.11 Å². The molecule has 1 saturated carbocycles. The number of carboxylic acids is 1. The van der Waals surface area contributed by atoms with Gasteiger partial charge in [-0.2, -0.15) is 0 Å². The van der Waals surface area contributed by atoms with Gasteiger partial charge in [0.1, 0.15) is 0 Å². The Bertz CT molecular complexity index is 201. The van der Waals surface area contributed by atoms with E-state index in [1.54, 1.807) is 0 Å². The predicted molar refractivity (Wildman–Crippen MR) is 41.6 cm³/mol. The van der Waals surface area contributed by atoms with E-state index in [2.05, 4.69) is 10.6 Å². The summed E-state index contributed by atoms with van der Waals surface area (Å²) >= 11 is 0. The number of nitrogens with one attached hydrogen (secondary N) is 2. The van der Waals surface area contributed by atoms with Gasteiger partial charge >= 0.3 is 5.97 Å². The third-order valence-corrected chi connectivity index (χ3v) is 1.72. The van der Waals surface area contributed by atoms with E-state index in [1.165, 1.54) is 7.05 Å². The number of likely N-dealkylation sites (N-methyl/N-ethyl adjacent to an activating group) is 1. The number of carbonyl (C=O) groups excluding carboxylic acids is 1. The number of carbonyl (C=O) groups is 2. The van der Waals surface area contributed by atoms with E-state index < -0.39 is 17.9 Å². The molecule has 1 fully saturated rings. The maximum atomic E-state index is 11.1. The van der Waals surface area contributed by atoms with Gasteiger partial charge in [-0.05, 0) is 19.9 Å². The van der Waals surface area contributed by atoms with E-state index in [9.17, 15) is 9.59 Å². The molecular formula is C7H12N2O3. The van der Waals surface area contributed by atoms with E-state index in [0.717, 1.165) is 12.8 Å². The topological polar surface area (TPSA) is 78.4 Å². The minimum absolute atomic E-state index is 0.202. The van der Waals surface area contributed by atoms with Crippen molar-refractivity contribution < 1.29 is 14.7 Å². The van der Waals surface area contributed by atoms with Crippen LogP contribution in [-0.4, -0.2) is 36.1 Å². The summed E-state index contributed by atoms with van der Waals surface area (Å²) in [5.74, 6) is -1.59. The molecule has 1 amide bonds. The van der Waals surface area contributed by atoms with Crippen LogP contribution < -0.4 is 10.6 Å². The average Bonchev–Trinajstić information content (AvgIpc) is 2.71. The Balaban J connectivity index is 2.40. The van der Waals surface area contributed by atoms with E-state index in [0.29, 0.717) is 0 Å². The van der Waals surface area contributed by atoms with Gasteiger partial charge in [-0.1, -0.05) is 0 Å². The Kier molecular flexibility index (Phi) is 2.65. The summed E-state index contributed by atoms with van der Waals surface area (Å²) < 4.78 is 0. The minimum Gasteiger partial charge on any atom is -0.480 e. The van der Waals surface area contributed by atoms with Gasteiger partial charge in [0.25, 0.3) is 0 Å². The molecule has 0 saturated heterocycles. The van der Waals surface area contributed by atoms with Crippen molar-refractivity contribution in [3.8, 4) is 0 Å². The van der Waals surface area contributed by atoms with Crippen LogP contribution in [0.1, 0.15) is 12.8 Å². The van der Waals surface area contributed by atoms with Gasteiger partial charge in [0.2, 0.25) is 5.91 Å². The third-order valence-electron chi connectivity index (χ3n) is 1.72. The first-order valence-corrected chi connectivity index (χ1v) is 3.85. The van der Waals surface area contributed by atoms with Gasteiger partial charge < -0.3 is 10.4 Å². The van der Waals surface area contributed by atoms with Crippen LogP contribution >= 0.6 is 0 Å². The van der Waals surface area contributed by atoms with Crippen molar-refractivity contribution >= 4 is 11.9 Å². The third kappa shape index (κ3) is 2.20. The quantitative estimate of drug-likeness (QED) is 0.472. The largest absolute Gasteiger partial charge is 0.480 e. The molecule has 0 aromatic rings. The van der Waals surface area contributed by atoms with Crippen LogP contribution in [0.25, 0.3) is 0 Å². The van der Waals surface area contributed by atoms with E-state index in [-0.39, 0.29) is 6.04 Å². The Morgan fingerprint density at radius 2 is 2.08 bits per heavy atom. The molecule has 0 aromatic carbocycles. The zero-order chi connectivity index (χ0) is 9.14. The summed E-state index contributed by atoms with van der Waals surface area (Å²) in [6.07, 6.45) is 1.92. The lowest BCUT2D eigenvalue weighted by molar-refractivity contribution is -0.143. The number of hydrogen-bond acceptors (Lipinski definition) is 3. The zero-order valence-corrected chi connectivity index (χ0v) is 6.83. The molecule has 0 spiro atoms. The summed E-state index contributed by atoms with van der Waals surface area (Å²) in [6, 6.07) is -0.918. The fraction of sp³-hybridized carbons (Fsp3) is 0.714. The van der Waals surface area contributed by atoms with Crippen molar-refractivity contribution in [2.45, 2.75) is 24.9 Å². The normalized spacial score (nSPS) is 18.4. The second-order valence-corrected chi connectivity index (χ2v) is 2.84. The molecule has 0 heterocycles. The maximum absolute atomic E-state index is 11.1. The molecule has 1 atom stereocenters. The van der Waals surface area contributed by atoms with Crippen molar-refractivity contribution in [1.29, 1.82) is 0 Å². The summed E-state index contributed by atoms with van der Waals surface area (Å²) in [5, 5.41) is 13.6. The molecule has 0 aliphatic heterocycles. The first kappa shape index (κ1) is 8.99. The van der Waals surface area contributed by atoms with Crippen LogP contribution in [0.2, 0.25) is 0 Å². The van der Waals surface area contributed by atoms with Gasteiger partial charge in [-0.25, -0.2) is 4.79 Å². The van der Waals surface area contributed by atoms with Gasteiger partial charge in [-0.3, -0.25) is 10.1 Å². The first-order valence-electron chi connectivity index (χ1n) is 3.85. The molecule has 0 bridgehead atoms. The van der Waals surface area contributed by atoms with Gasteiger partial charge in [0.15, 0.2) is 6.04 Å². The van der Waals surface area contributed by atoms with E-state index in [1.807, 2.05) is 0 Å². The molecule has 0 aromatic heterocycles. The van der Waals surface area contributed by atoms with E-state index >= 15 is 0 Å². The molecule has 5 nitrogen and oxygen atoms in total. The highest BCUT2D eigenvalue weighted by Crippen LogP contribution is 2.18. The van der Waals surface area contributed by atoms with Crippen molar-refractivity contribution in [3.63, 3.8) is 0 Å². The highest BCUT2D eigenvalue weighted by Gasteiger charge is 2.30. The Morgan fingerprint density at radius 1 is 1.50 bits per heavy atom. The smallest absolute Gasteiger partial charge is 0.330 e. The van der Waals surface area contributed by atoms with Crippen LogP contribution in [0.5, 0.6) is 0 Å². The molecule has 1 aliphatic carbocycles. The standard InChI is InChI=1S/C7H12N2O3/c1-8-5(7(11)12)6(10)9-4-2-3-4/h4-5,8H,2-3H2,1H3,(H,9,10)(H,11,12). The molecule has 1 rings (SSSR count). The van der Waals surface area contributed by atoms with Crippen LogP contribution in [0.15, 0.2) is 0 Å². The minimum atomic E-state index is -1.14. The Labute approximate surface area is 70.1 Å². The van der Waals surface area contributed by atoms with Gasteiger partial charge in [-0.15, -0.1) is 0 Å². The zero-order valence-electron chi connectivity index (χ0n) is 6.83. The lowest BCUT2D eigenvalue weighted by atomic mass is 10.3. The number of carboxylic acid groups (broad SMARTS) is 1. The van der Waals surface area contributed by atoms with Crippen LogP contribution in [0, 0.1) is 0 Å². The molecule has 1 unspecified atom stereocenters. The molecule has 3 N–H and O–H groups in total. The Morgan fingerprint density at radius 3 is 2.42 bits per heavy atom. The highest BCUT2D eigenvalue weighted by molar-refractivity contribution is 6.01. The van der Waals surface area contributed by atoms with Crippen molar-refractivity contribution in [2.75, 3.05) is 7.05 Å². The molecule has 5 heteroatoms. The van der Waals surface area contributed by atoms with Crippen molar-refractivity contribution in [3.05, 3.63) is 0 Å². The van der Waals surface area contributed by atoms with Crippen LogP contribution in [0.4, 0.5) is 0 Å². The lowest BCUT2D eigenvalue weighted by Gasteiger charge is -2.10. The maximum Gasteiger partial charge on any atom is 0.330 e. The van der Waals surface area contributed by atoms with Gasteiger partial charge in [0, 0.05) is 6.04 Å². The summed E-state index contributed by atoms with van der Waals surface area (Å²) in [4.78, 5) is 21.6. The molecule has 1 aliphatic rings. The van der Waals surface area contributed by atoms with Crippen molar-refractivity contribution in [1.82, 2.24) is 10.6 Å². The fourth-order valence-electron chi connectivity index (χ4n) is 0.879. The number of hydrogen-bond donors (Lipinski definition) is 3. The summed E-state index contributed by atoms with van der Waals surface area (Å²) in [6.45, 7) is 0. The second-order valence-electron chi connectivity index (χ2n) is 2.84.